The van der Waals surface area contributed by atoms with Gasteiger partial charge in [-0.25, -0.2) is 4.98 Å². The van der Waals surface area contributed by atoms with Gasteiger partial charge < -0.3 is 34.7 Å². The molecule has 5 unspecified atom stereocenters. The fraction of sp³-hybridized carbons (Fsp3) is 0.450. The number of carbonyl (C=O) groups is 2. The lowest BCUT2D eigenvalue weighted by Gasteiger charge is -2.46. The maximum atomic E-state index is 14.0. The van der Waals surface area contributed by atoms with Gasteiger partial charge in [0.1, 0.15) is 36.8 Å². The lowest BCUT2D eigenvalue weighted by atomic mass is 9.90. The predicted octanol–water partition coefficient (Wildman–Crippen LogP) is 3.87. The number of benzene rings is 2. The monoisotopic (exact) mass is 780 g/mol. The zero-order valence-electron chi connectivity index (χ0n) is 31.4. The number of halogens is 3. The van der Waals surface area contributed by atoms with E-state index in [-0.39, 0.29) is 39.1 Å². The number of hydrogen-bond donors (Lipinski definition) is 4. The van der Waals surface area contributed by atoms with Crippen LogP contribution in [0.5, 0.6) is 11.5 Å². The van der Waals surface area contributed by atoms with Crippen LogP contribution in [0.25, 0.3) is 11.3 Å². The van der Waals surface area contributed by atoms with Crippen molar-refractivity contribution in [3.63, 3.8) is 0 Å². The molecule has 0 bridgehead atoms. The highest BCUT2D eigenvalue weighted by atomic mass is 19.4. The first-order chi connectivity index (χ1) is 26.7. The Labute approximate surface area is 322 Å². The summed E-state index contributed by atoms with van der Waals surface area (Å²) in [5.74, 6) is -0.160. The number of rotatable bonds is 14. The van der Waals surface area contributed by atoms with Crippen LogP contribution in [0.4, 0.5) is 13.2 Å². The van der Waals surface area contributed by atoms with Crippen molar-refractivity contribution in [3.05, 3.63) is 96.3 Å². The van der Waals surface area contributed by atoms with Crippen LogP contribution < -0.4 is 20.1 Å². The lowest BCUT2D eigenvalue weighted by Crippen LogP contribution is -2.63. The quantitative estimate of drug-likeness (QED) is 0.147. The highest BCUT2D eigenvalue weighted by Crippen LogP contribution is 2.35. The number of alkyl halides is 3. The summed E-state index contributed by atoms with van der Waals surface area (Å²) in [4.78, 5) is 39.7. The number of methoxy groups -OCH3 is 1. The topological polar surface area (TPSA) is 163 Å². The number of hydrogen-bond acceptors (Lipinski definition) is 11. The fourth-order valence-electron chi connectivity index (χ4n) is 7.24. The number of aromatic nitrogens is 2. The molecule has 6 rings (SSSR count). The Morgan fingerprint density at radius 1 is 1.05 bits per heavy atom. The third-order valence-corrected chi connectivity index (χ3v) is 10.4. The minimum absolute atomic E-state index is 0.00316. The van der Waals surface area contributed by atoms with Gasteiger partial charge in [-0.15, -0.1) is 0 Å². The summed E-state index contributed by atoms with van der Waals surface area (Å²) in [6.07, 6.45) is -1.83. The number of aliphatic hydroxyl groups excluding tert-OH is 2. The summed E-state index contributed by atoms with van der Waals surface area (Å²) in [6.45, 7) is 2.65. The van der Waals surface area contributed by atoms with E-state index in [1.165, 1.54) is 7.11 Å². The minimum Gasteiger partial charge on any atom is -0.495 e. The van der Waals surface area contributed by atoms with Crippen LogP contribution in [-0.4, -0.2) is 113 Å². The number of fused-ring (bicyclic) bond motifs is 1. The van der Waals surface area contributed by atoms with Crippen LogP contribution in [-0.2, 0) is 21.5 Å². The van der Waals surface area contributed by atoms with Gasteiger partial charge in [-0.2, -0.15) is 13.2 Å². The first kappa shape index (κ1) is 40.6. The summed E-state index contributed by atoms with van der Waals surface area (Å²) >= 11 is 0. The van der Waals surface area contributed by atoms with Crippen LogP contribution in [0, 0.1) is 5.92 Å². The Kier molecular flexibility index (Phi) is 12.6. The zero-order chi connectivity index (χ0) is 40.0. The van der Waals surface area contributed by atoms with Crippen molar-refractivity contribution in [2.75, 3.05) is 46.4 Å². The Balaban J connectivity index is 1.19. The number of amides is 2. The number of oxazole rings is 1. The van der Waals surface area contributed by atoms with Crippen LogP contribution in [0.15, 0.2) is 83.7 Å². The summed E-state index contributed by atoms with van der Waals surface area (Å²) in [5, 5.41) is 27.4. The normalized spacial score (nSPS) is 20.3. The second-order valence-corrected chi connectivity index (χ2v) is 14.7. The Bertz CT molecular complexity index is 1940. The molecule has 2 aromatic heterocycles. The van der Waals surface area contributed by atoms with Crippen LogP contribution in [0.1, 0.15) is 43.3 Å². The number of ether oxygens (including phenoxy) is 2. The van der Waals surface area contributed by atoms with E-state index in [0.717, 1.165) is 5.56 Å². The zero-order valence-corrected chi connectivity index (χ0v) is 31.4. The van der Waals surface area contributed by atoms with E-state index in [9.17, 15) is 33.0 Å². The van der Waals surface area contributed by atoms with Gasteiger partial charge in [-0.05, 0) is 44.4 Å². The average Bonchev–Trinajstić information content (AvgIpc) is 3.70. The Morgan fingerprint density at radius 3 is 2.55 bits per heavy atom. The molecule has 2 aliphatic rings. The van der Waals surface area contributed by atoms with Crippen LogP contribution in [0.3, 0.4) is 0 Å². The molecule has 4 N–H and O–H groups in total. The van der Waals surface area contributed by atoms with E-state index in [4.69, 9.17) is 13.9 Å². The number of para-hydroxylation sites is 1. The van der Waals surface area contributed by atoms with Gasteiger partial charge in [0, 0.05) is 49.4 Å². The molecule has 0 radical (unpaired) electrons. The highest BCUT2D eigenvalue weighted by molar-refractivity contribution is 5.82. The molecule has 2 aliphatic heterocycles. The largest absolute Gasteiger partial charge is 0.495 e. The molecule has 0 saturated carbocycles. The highest BCUT2D eigenvalue weighted by Gasteiger charge is 2.43. The second kappa shape index (κ2) is 17.4. The molecule has 2 amide bonds. The molecule has 4 aromatic rings. The number of pyridine rings is 1. The smallest absolute Gasteiger partial charge is 0.405 e. The molecular formula is C40H47F3N6O7. The number of piperazine rings is 1. The molecule has 0 aliphatic carbocycles. The van der Waals surface area contributed by atoms with E-state index in [0.29, 0.717) is 40.8 Å². The van der Waals surface area contributed by atoms with Gasteiger partial charge in [0.25, 0.3) is 0 Å². The maximum absolute atomic E-state index is 14.0. The molecule has 1 fully saturated rings. The number of β-amino-alcohol motifs (C(OH)–C–C–N with tert-alkyl or cyclic N) is 1. The van der Waals surface area contributed by atoms with Crippen molar-refractivity contribution >= 4 is 11.8 Å². The first-order valence-electron chi connectivity index (χ1n) is 18.4. The standard InChI is InChI=1S/C40H47F3N6O7/c1-39(2,38-45-20-34(56-38)27-17-29(54-3)19-44-18-27)49-14-13-48(31(22-49)37(53)46-24-40(41,42)43)21-28(50)16-26(15-25-9-5-4-6-10-25)36(52)47-35-30-11-7-8-12-33(30)55-23-32(35)51/h4-12,17-20,26,28,31-32,35,50-51H,13-16,21-24H2,1-3H3,(H,46,53)(H,47,52). The first-order valence-corrected chi connectivity index (χ1v) is 18.4. The maximum Gasteiger partial charge on any atom is 0.405 e. The molecule has 4 heterocycles. The molecule has 5 atom stereocenters. The van der Waals surface area contributed by atoms with Crippen molar-refractivity contribution in [1.29, 1.82) is 0 Å². The molecule has 0 spiro atoms. The SMILES string of the molecule is COc1cncc(-c2cnc(C(C)(C)N3CCN(CC(O)CC(Cc4ccccc4)C(=O)NC4c5ccccc5OCC4O)C(C(=O)NCC(F)(F)F)C3)o2)c1. The molecule has 300 valence electrons. The van der Waals surface area contributed by atoms with Crippen molar-refractivity contribution < 1.29 is 46.9 Å². The van der Waals surface area contributed by atoms with E-state index >= 15 is 0 Å². The summed E-state index contributed by atoms with van der Waals surface area (Å²) in [6, 6.07) is 16.3. The van der Waals surface area contributed by atoms with Gasteiger partial charge in [0.15, 0.2) is 5.76 Å². The molecule has 13 nitrogen and oxygen atoms in total. The van der Waals surface area contributed by atoms with E-state index in [2.05, 4.69) is 15.3 Å². The van der Waals surface area contributed by atoms with Crippen LogP contribution in [0.2, 0.25) is 0 Å². The fourth-order valence-corrected chi connectivity index (χ4v) is 7.24. The van der Waals surface area contributed by atoms with Gasteiger partial charge in [0.05, 0.1) is 37.2 Å². The number of nitrogens with zero attached hydrogens (tertiary/aromatic N) is 4. The molecular weight excluding hydrogens is 733 g/mol. The van der Waals surface area contributed by atoms with Crippen molar-refractivity contribution in [1.82, 2.24) is 30.4 Å². The van der Waals surface area contributed by atoms with Gasteiger partial charge >= 0.3 is 6.18 Å². The van der Waals surface area contributed by atoms with Crippen LogP contribution >= 0.6 is 0 Å². The minimum atomic E-state index is -4.63. The molecule has 2 aromatic carbocycles. The second-order valence-electron chi connectivity index (χ2n) is 14.7. The van der Waals surface area contributed by atoms with Gasteiger partial charge in [0.2, 0.25) is 17.7 Å². The molecule has 1 saturated heterocycles. The van der Waals surface area contributed by atoms with Gasteiger partial charge in [-0.1, -0.05) is 48.5 Å². The van der Waals surface area contributed by atoms with Gasteiger partial charge in [-0.3, -0.25) is 24.4 Å². The summed E-state index contributed by atoms with van der Waals surface area (Å²) < 4.78 is 56.9. The molecule has 16 heteroatoms. The third kappa shape index (κ3) is 9.85. The Hall–Kier alpha value is -5.03. The van der Waals surface area contributed by atoms with E-state index in [1.807, 2.05) is 54.4 Å². The predicted molar refractivity (Wildman–Crippen MR) is 198 cm³/mol. The average molecular weight is 781 g/mol. The van der Waals surface area contributed by atoms with Crippen molar-refractivity contribution in [3.8, 4) is 22.8 Å². The summed E-state index contributed by atoms with van der Waals surface area (Å²) in [7, 11) is 1.52. The van der Waals surface area contributed by atoms with E-state index in [1.54, 1.807) is 53.8 Å². The van der Waals surface area contributed by atoms with Crippen molar-refractivity contribution in [2.24, 2.45) is 5.92 Å². The third-order valence-electron chi connectivity index (χ3n) is 10.4. The number of nitrogens with one attached hydrogen (secondary N) is 2. The Morgan fingerprint density at radius 2 is 1.80 bits per heavy atom. The van der Waals surface area contributed by atoms with E-state index < -0.39 is 60.3 Å². The van der Waals surface area contributed by atoms with Crippen molar-refractivity contribution in [2.45, 2.75) is 62.7 Å². The lowest BCUT2D eigenvalue weighted by molar-refractivity contribution is -0.144. The number of aliphatic hydroxyl groups is 2. The summed E-state index contributed by atoms with van der Waals surface area (Å²) in [5.41, 5.74) is 1.22. The number of carbonyl (C=O) groups excluding carboxylic acids is 2. The molecule has 56 heavy (non-hydrogen) atoms.